The minimum Gasteiger partial charge on any atom is -0.383 e. The second-order valence-electron chi connectivity index (χ2n) is 4.72. The van der Waals surface area contributed by atoms with Crippen LogP contribution in [0.25, 0.3) is 0 Å². The number of nitrogens with zero attached hydrogens (tertiary/aromatic N) is 1. The van der Waals surface area contributed by atoms with E-state index in [9.17, 15) is 4.39 Å². The van der Waals surface area contributed by atoms with Crippen LogP contribution in [0.1, 0.15) is 18.4 Å². The highest BCUT2D eigenvalue weighted by Gasteiger charge is 2.30. The van der Waals surface area contributed by atoms with Gasteiger partial charge in [0.05, 0.1) is 6.61 Å². The van der Waals surface area contributed by atoms with Gasteiger partial charge in [0.25, 0.3) is 0 Å². The summed E-state index contributed by atoms with van der Waals surface area (Å²) in [6.45, 7) is 2.25. The molecule has 0 saturated heterocycles. The molecule has 1 saturated carbocycles. The van der Waals surface area contributed by atoms with Crippen molar-refractivity contribution in [1.29, 1.82) is 0 Å². The average Bonchev–Trinajstić information content (AvgIpc) is 3.17. The zero-order valence-corrected chi connectivity index (χ0v) is 11.1. The number of methoxy groups -OCH3 is 1. The summed E-state index contributed by atoms with van der Waals surface area (Å²) in [4.78, 5) is 2.34. The van der Waals surface area contributed by atoms with E-state index in [0.29, 0.717) is 19.2 Å². The lowest BCUT2D eigenvalue weighted by molar-refractivity contribution is 0.205. The van der Waals surface area contributed by atoms with Gasteiger partial charge in [-0.25, -0.2) is 4.39 Å². The molecule has 3 nitrogen and oxygen atoms in total. The fourth-order valence-corrected chi connectivity index (χ4v) is 2.24. The topological polar surface area (TPSA) is 24.5 Å². The SMILES string of the molecule is CNCc1cc(F)ccc1N(CCOC)C1CC1. The van der Waals surface area contributed by atoms with Gasteiger partial charge in [-0.3, -0.25) is 0 Å². The maximum Gasteiger partial charge on any atom is 0.123 e. The minimum atomic E-state index is -0.175. The third kappa shape index (κ3) is 3.21. The summed E-state index contributed by atoms with van der Waals surface area (Å²) < 4.78 is 18.5. The largest absolute Gasteiger partial charge is 0.383 e. The van der Waals surface area contributed by atoms with Gasteiger partial charge in [-0.05, 0) is 43.7 Å². The summed E-state index contributed by atoms with van der Waals surface area (Å²) in [6.07, 6.45) is 2.44. The van der Waals surface area contributed by atoms with Crippen LogP contribution in [0.2, 0.25) is 0 Å². The van der Waals surface area contributed by atoms with Crippen LogP contribution >= 0.6 is 0 Å². The number of ether oxygens (including phenoxy) is 1. The lowest BCUT2D eigenvalue weighted by atomic mass is 10.1. The van der Waals surface area contributed by atoms with E-state index < -0.39 is 0 Å². The van der Waals surface area contributed by atoms with E-state index in [4.69, 9.17) is 4.74 Å². The number of anilines is 1. The number of rotatable bonds is 7. The summed E-state index contributed by atoms with van der Waals surface area (Å²) >= 11 is 0. The van der Waals surface area contributed by atoms with Gasteiger partial charge in [0.2, 0.25) is 0 Å². The maximum atomic E-state index is 13.3. The van der Waals surface area contributed by atoms with E-state index in [0.717, 1.165) is 17.8 Å². The molecule has 0 heterocycles. The van der Waals surface area contributed by atoms with E-state index in [1.165, 1.54) is 18.9 Å². The molecule has 1 fully saturated rings. The molecule has 2 rings (SSSR count). The molecule has 0 aliphatic heterocycles. The number of hydrogen-bond acceptors (Lipinski definition) is 3. The molecule has 1 aromatic rings. The summed E-state index contributed by atoms with van der Waals surface area (Å²) in [5.74, 6) is -0.175. The van der Waals surface area contributed by atoms with Crippen molar-refractivity contribution in [3.05, 3.63) is 29.6 Å². The molecule has 0 unspecified atom stereocenters. The third-order valence-corrected chi connectivity index (χ3v) is 3.24. The van der Waals surface area contributed by atoms with Gasteiger partial charge in [0, 0.05) is 31.9 Å². The summed E-state index contributed by atoms with van der Waals surface area (Å²) in [5, 5.41) is 3.10. The van der Waals surface area contributed by atoms with Crippen LogP contribution in [0, 0.1) is 5.82 Å². The van der Waals surface area contributed by atoms with Gasteiger partial charge >= 0.3 is 0 Å². The standard InChI is InChI=1S/C14H21FN2O/c1-16-10-11-9-12(15)3-6-14(11)17(7-8-18-2)13-4-5-13/h3,6,9,13,16H,4-5,7-8,10H2,1-2H3. The Bertz CT molecular complexity index is 393. The Labute approximate surface area is 108 Å². The van der Waals surface area contributed by atoms with E-state index >= 15 is 0 Å². The Morgan fingerprint density at radius 3 is 2.83 bits per heavy atom. The van der Waals surface area contributed by atoms with Crippen LogP contribution < -0.4 is 10.2 Å². The van der Waals surface area contributed by atoms with Gasteiger partial charge < -0.3 is 15.0 Å². The molecule has 0 radical (unpaired) electrons. The van der Waals surface area contributed by atoms with Crippen LogP contribution in [0.15, 0.2) is 18.2 Å². The molecule has 0 spiro atoms. The number of nitrogens with one attached hydrogen (secondary N) is 1. The predicted molar refractivity (Wildman–Crippen MR) is 71.4 cm³/mol. The quantitative estimate of drug-likeness (QED) is 0.805. The molecule has 0 aromatic heterocycles. The smallest absolute Gasteiger partial charge is 0.123 e. The molecule has 0 atom stereocenters. The molecule has 1 N–H and O–H groups in total. The maximum absolute atomic E-state index is 13.3. The Balaban J connectivity index is 2.21. The molecule has 1 aliphatic carbocycles. The number of benzene rings is 1. The van der Waals surface area contributed by atoms with Gasteiger partial charge in [-0.2, -0.15) is 0 Å². The van der Waals surface area contributed by atoms with E-state index in [-0.39, 0.29) is 5.82 Å². The Kier molecular flexibility index (Phi) is 4.55. The van der Waals surface area contributed by atoms with Crippen molar-refractivity contribution in [2.24, 2.45) is 0 Å². The van der Waals surface area contributed by atoms with Crippen molar-refractivity contribution >= 4 is 5.69 Å². The van der Waals surface area contributed by atoms with E-state index in [1.807, 2.05) is 13.1 Å². The Morgan fingerprint density at radius 2 is 2.22 bits per heavy atom. The lowest BCUT2D eigenvalue weighted by Gasteiger charge is -2.27. The minimum absolute atomic E-state index is 0.175. The lowest BCUT2D eigenvalue weighted by Crippen LogP contribution is -2.30. The highest BCUT2D eigenvalue weighted by atomic mass is 19.1. The number of halogens is 1. The molecular formula is C14H21FN2O. The summed E-state index contributed by atoms with van der Waals surface area (Å²) in [7, 11) is 3.59. The van der Waals surface area contributed by atoms with Crippen molar-refractivity contribution in [2.75, 3.05) is 32.2 Å². The van der Waals surface area contributed by atoms with Crippen molar-refractivity contribution in [3.63, 3.8) is 0 Å². The predicted octanol–water partition coefficient (Wildman–Crippen LogP) is 2.16. The number of hydrogen-bond donors (Lipinski definition) is 1. The first-order valence-electron chi connectivity index (χ1n) is 6.45. The fourth-order valence-electron chi connectivity index (χ4n) is 2.24. The molecule has 1 aromatic carbocycles. The van der Waals surface area contributed by atoms with Gasteiger partial charge in [0.15, 0.2) is 0 Å². The fraction of sp³-hybridized carbons (Fsp3) is 0.571. The van der Waals surface area contributed by atoms with Crippen LogP contribution in [-0.2, 0) is 11.3 Å². The third-order valence-electron chi connectivity index (χ3n) is 3.24. The van der Waals surface area contributed by atoms with E-state index in [2.05, 4.69) is 10.2 Å². The molecule has 1 aliphatic rings. The van der Waals surface area contributed by atoms with Crippen LogP contribution in [0.4, 0.5) is 10.1 Å². The summed E-state index contributed by atoms with van der Waals surface area (Å²) in [5.41, 5.74) is 2.14. The van der Waals surface area contributed by atoms with Crippen LogP contribution in [0.3, 0.4) is 0 Å². The molecule has 18 heavy (non-hydrogen) atoms. The Hall–Kier alpha value is -1.13. The molecule has 0 amide bonds. The van der Waals surface area contributed by atoms with Gasteiger partial charge in [-0.15, -0.1) is 0 Å². The second-order valence-corrected chi connectivity index (χ2v) is 4.72. The van der Waals surface area contributed by atoms with Crippen molar-refractivity contribution in [2.45, 2.75) is 25.4 Å². The zero-order chi connectivity index (χ0) is 13.0. The highest BCUT2D eigenvalue weighted by molar-refractivity contribution is 5.55. The zero-order valence-electron chi connectivity index (χ0n) is 11.1. The first-order valence-corrected chi connectivity index (χ1v) is 6.45. The van der Waals surface area contributed by atoms with Crippen LogP contribution in [0.5, 0.6) is 0 Å². The Morgan fingerprint density at radius 1 is 1.44 bits per heavy atom. The second kappa shape index (κ2) is 6.16. The van der Waals surface area contributed by atoms with Crippen molar-refractivity contribution in [3.8, 4) is 0 Å². The normalized spacial score (nSPS) is 14.8. The summed E-state index contributed by atoms with van der Waals surface area (Å²) in [6, 6.07) is 5.64. The van der Waals surface area contributed by atoms with Crippen molar-refractivity contribution < 1.29 is 9.13 Å². The van der Waals surface area contributed by atoms with Gasteiger partial charge in [-0.1, -0.05) is 0 Å². The monoisotopic (exact) mass is 252 g/mol. The molecular weight excluding hydrogens is 231 g/mol. The first kappa shape index (κ1) is 13.3. The molecule has 100 valence electrons. The highest BCUT2D eigenvalue weighted by Crippen LogP contribution is 2.33. The van der Waals surface area contributed by atoms with E-state index in [1.54, 1.807) is 13.2 Å². The average molecular weight is 252 g/mol. The van der Waals surface area contributed by atoms with Crippen molar-refractivity contribution in [1.82, 2.24) is 5.32 Å². The molecule has 4 heteroatoms. The van der Waals surface area contributed by atoms with Gasteiger partial charge in [0.1, 0.15) is 5.82 Å². The van der Waals surface area contributed by atoms with Crippen LogP contribution in [-0.4, -0.2) is 33.4 Å². The molecule has 0 bridgehead atoms. The first-order chi connectivity index (χ1) is 8.76.